The van der Waals surface area contributed by atoms with E-state index >= 15 is 0 Å². The highest BCUT2D eigenvalue weighted by Crippen LogP contribution is 2.30. The highest BCUT2D eigenvalue weighted by atomic mass is 35.5. The first kappa shape index (κ1) is 33.2. The van der Waals surface area contributed by atoms with Crippen LogP contribution in [-0.2, 0) is 32.6 Å². The molecule has 46 heavy (non-hydrogen) atoms. The minimum atomic E-state index is -4.25. The molecule has 5 rings (SSSR count). The van der Waals surface area contributed by atoms with Crippen molar-refractivity contribution in [3.63, 3.8) is 0 Å². The highest BCUT2D eigenvalue weighted by Gasteiger charge is 2.36. The van der Waals surface area contributed by atoms with E-state index in [4.69, 9.17) is 11.6 Å². The minimum Gasteiger partial charge on any atom is -0.352 e. The van der Waals surface area contributed by atoms with E-state index in [1.165, 1.54) is 35.2 Å². The molecule has 0 unspecified atom stereocenters. The number of carbonyl (C=O) groups is 2. The van der Waals surface area contributed by atoms with Crippen LogP contribution < -0.4 is 9.62 Å². The maximum Gasteiger partial charge on any atom is 0.264 e. The zero-order valence-electron chi connectivity index (χ0n) is 25.6. The van der Waals surface area contributed by atoms with Crippen LogP contribution in [0.3, 0.4) is 0 Å². The molecule has 240 valence electrons. The van der Waals surface area contributed by atoms with Gasteiger partial charge in [0.1, 0.15) is 18.4 Å². The van der Waals surface area contributed by atoms with Crippen LogP contribution in [0.25, 0.3) is 0 Å². The predicted molar refractivity (Wildman–Crippen MR) is 178 cm³/mol. The van der Waals surface area contributed by atoms with Crippen molar-refractivity contribution in [2.75, 3.05) is 10.8 Å². The van der Waals surface area contributed by atoms with Crippen LogP contribution in [0, 0.1) is 12.7 Å². The largest absolute Gasteiger partial charge is 0.352 e. The summed E-state index contributed by atoms with van der Waals surface area (Å²) < 4.78 is 43.3. The monoisotopic (exact) mass is 661 g/mol. The molecule has 1 N–H and O–H groups in total. The number of carbonyl (C=O) groups excluding carboxylic acids is 2. The van der Waals surface area contributed by atoms with E-state index in [-0.39, 0.29) is 35.5 Å². The first-order chi connectivity index (χ1) is 22.1. The summed E-state index contributed by atoms with van der Waals surface area (Å²) in [7, 11) is -4.25. The van der Waals surface area contributed by atoms with Crippen LogP contribution in [0.1, 0.15) is 42.4 Å². The average Bonchev–Trinajstić information content (AvgIpc) is 3.57. The normalized spacial score (nSPS) is 14.1. The number of anilines is 1. The number of aryl methyl sites for hydroxylation is 1. The number of hydrogen-bond acceptors (Lipinski definition) is 4. The van der Waals surface area contributed by atoms with Crippen LogP contribution >= 0.6 is 11.6 Å². The van der Waals surface area contributed by atoms with Gasteiger partial charge in [-0.3, -0.25) is 13.9 Å². The fourth-order valence-electron chi connectivity index (χ4n) is 5.79. The van der Waals surface area contributed by atoms with Crippen molar-refractivity contribution >= 4 is 39.1 Å². The van der Waals surface area contributed by atoms with E-state index in [1.54, 1.807) is 49.4 Å². The standard InChI is InChI=1S/C36H37ClFN3O4S/c1-26-16-19-29(37)23-33(26)41(46(44,45)32-14-6-3-7-15-32)25-35(42)40(24-28-17-20-30(38)21-18-28)34(22-27-10-4-2-5-11-27)36(43)39-31-12-8-9-13-31/h2-7,10-11,14-21,23,31,34H,8-9,12-13,22,24-25H2,1H3,(H,39,43)/t34-/m1/s1. The van der Waals surface area contributed by atoms with E-state index in [9.17, 15) is 22.4 Å². The Morgan fingerprint density at radius 3 is 2.17 bits per heavy atom. The van der Waals surface area contributed by atoms with Crippen molar-refractivity contribution in [2.24, 2.45) is 0 Å². The SMILES string of the molecule is Cc1ccc(Cl)cc1N(CC(=O)N(Cc1ccc(F)cc1)[C@H](Cc1ccccc1)C(=O)NC1CCCC1)S(=O)(=O)c1ccccc1. The van der Waals surface area contributed by atoms with Gasteiger partial charge >= 0.3 is 0 Å². The summed E-state index contributed by atoms with van der Waals surface area (Å²) in [5.41, 5.74) is 2.28. The Bertz CT molecular complexity index is 1750. The molecule has 0 heterocycles. The van der Waals surface area contributed by atoms with Gasteiger partial charge in [-0.1, -0.05) is 91.2 Å². The lowest BCUT2D eigenvalue weighted by Crippen LogP contribution is -2.54. The van der Waals surface area contributed by atoms with Crippen LogP contribution in [0.15, 0.2) is 108 Å². The second-order valence-corrected chi connectivity index (χ2v) is 13.9. The Labute approximate surface area is 275 Å². The molecule has 0 aromatic heterocycles. The van der Waals surface area contributed by atoms with Crippen molar-refractivity contribution in [2.45, 2.75) is 62.6 Å². The summed E-state index contributed by atoms with van der Waals surface area (Å²) >= 11 is 6.34. The predicted octanol–water partition coefficient (Wildman–Crippen LogP) is 6.68. The summed E-state index contributed by atoms with van der Waals surface area (Å²) in [4.78, 5) is 30.1. The second-order valence-electron chi connectivity index (χ2n) is 11.6. The third-order valence-corrected chi connectivity index (χ3v) is 10.3. The van der Waals surface area contributed by atoms with Gasteiger partial charge in [0.05, 0.1) is 10.6 Å². The third-order valence-electron chi connectivity index (χ3n) is 8.29. The number of amides is 2. The number of nitrogens with one attached hydrogen (secondary N) is 1. The van der Waals surface area contributed by atoms with Crippen molar-refractivity contribution in [1.82, 2.24) is 10.2 Å². The molecular weight excluding hydrogens is 625 g/mol. The fourth-order valence-corrected chi connectivity index (χ4v) is 7.45. The minimum absolute atomic E-state index is 0.00221. The molecule has 7 nitrogen and oxygen atoms in total. The number of hydrogen-bond donors (Lipinski definition) is 1. The molecule has 0 saturated heterocycles. The first-order valence-electron chi connectivity index (χ1n) is 15.3. The summed E-state index contributed by atoms with van der Waals surface area (Å²) in [6.07, 6.45) is 3.93. The zero-order chi connectivity index (χ0) is 32.7. The molecule has 1 atom stereocenters. The number of sulfonamides is 1. The van der Waals surface area contributed by atoms with Gasteiger partial charge in [-0.15, -0.1) is 0 Å². The Morgan fingerprint density at radius 2 is 1.52 bits per heavy atom. The van der Waals surface area contributed by atoms with Gasteiger partial charge in [-0.25, -0.2) is 12.8 Å². The number of rotatable bonds is 12. The van der Waals surface area contributed by atoms with Gasteiger partial charge in [0.2, 0.25) is 11.8 Å². The second kappa shape index (κ2) is 14.9. The molecule has 1 saturated carbocycles. The first-order valence-corrected chi connectivity index (χ1v) is 17.2. The Kier molecular flexibility index (Phi) is 10.8. The van der Waals surface area contributed by atoms with E-state index in [1.807, 2.05) is 30.3 Å². The summed E-state index contributed by atoms with van der Waals surface area (Å²) in [6.45, 7) is 1.11. The smallest absolute Gasteiger partial charge is 0.264 e. The van der Waals surface area contributed by atoms with Crippen molar-refractivity contribution in [1.29, 1.82) is 0 Å². The Morgan fingerprint density at radius 1 is 0.891 bits per heavy atom. The Balaban J connectivity index is 1.58. The number of benzene rings is 4. The molecule has 0 aliphatic heterocycles. The molecule has 2 amide bonds. The Hall–Kier alpha value is -4.21. The fraction of sp³-hybridized carbons (Fsp3) is 0.278. The molecule has 0 radical (unpaired) electrons. The van der Waals surface area contributed by atoms with Crippen molar-refractivity contribution in [3.05, 3.63) is 131 Å². The molecule has 10 heteroatoms. The van der Waals surface area contributed by atoms with Crippen molar-refractivity contribution in [3.8, 4) is 0 Å². The molecule has 1 aliphatic rings. The molecule has 1 fully saturated rings. The van der Waals surface area contributed by atoms with E-state index in [0.29, 0.717) is 16.1 Å². The molecule has 4 aromatic rings. The van der Waals surface area contributed by atoms with Crippen molar-refractivity contribution < 1.29 is 22.4 Å². The van der Waals surface area contributed by atoms with Gasteiger partial charge in [-0.2, -0.15) is 0 Å². The highest BCUT2D eigenvalue weighted by molar-refractivity contribution is 7.92. The quantitative estimate of drug-likeness (QED) is 0.184. The van der Waals surface area contributed by atoms with E-state index < -0.39 is 34.3 Å². The van der Waals surface area contributed by atoms with Gasteiger partial charge in [0, 0.05) is 24.0 Å². The van der Waals surface area contributed by atoms with Crippen LogP contribution in [0.2, 0.25) is 5.02 Å². The lowest BCUT2D eigenvalue weighted by atomic mass is 10.0. The lowest BCUT2D eigenvalue weighted by Gasteiger charge is -2.34. The summed E-state index contributed by atoms with van der Waals surface area (Å²) in [6, 6.07) is 26.8. The molecule has 0 bridgehead atoms. The van der Waals surface area contributed by atoms with Crippen LogP contribution in [0.5, 0.6) is 0 Å². The molecular formula is C36H37ClFN3O4S. The number of nitrogens with zero attached hydrogens (tertiary/aromatic N) is 2. The molecule has 1 aliphatic carbocycles. The molecule has 4 aromatic carbocycles. The van der Waals surface area contributed by atoms with Gasteiger partial charge < -0.3 is 10.2 Å². The van der Waals surface area contributed by atoms with E-state index in [2.05, 4.69) is 5.32 Å². The average molecular weight is 662 g/mol. The maximum absolute atomic E-state index is 14.6. The molecule has 0 spiro atoms. The third kappa shape index (κ3) is 8.13. The van der Waals surface area contributed by atoms with Gasteiger partial charge in [-0.05, 0) is 72.9 Å². The zero-order valence-corrected chi connectivity index (χ0v) is 27.2. The van der Waals surface area contributed by atoms with Crippen LogP contribution in [0.4, 0.5) is 10.1 Å². The van der Waals surface area contributed by atoms with Gasteiger partial charge in [0.15, 0.2) is 0 Å². The topological polar surface area (TPSA) is 86.8 Å². The summed E-state index contributed by atoms with van der Waals surface area (Å²) in [5, 5.41) is 3.45. The summed E-state index contributed by atoms with van der Waals surface area (Å²) in [5.74, 6) is -1.34. The van der Waals surface area contributed by atoms with Gasteiger partial charge in [0.25, 0.3) is 10.0 Å². The maximum atomic E-state index is 14.6. The lowest BCUT2D eigenvalue weighted by molar-refractivity contribution is -0.140. The number of halogens is 2. The van der Waals surface area contributed by atoms with Crippen LogP contribution in [-0.4, -0.2) is 43.8 Å². The van der Waals surface area contributed by atoms with E-state index in [0.717, 1.165) is 35.6 Å².